The van der Waals surface area contributed by atoms with Crippen LogP contribution < -0.4 is 11.0 Å². The number of aromatic amines is 2. The van der Waals surface area contributed by atoms with Gasteiger partial charge in [0.1, 0.15) is 0 Å². The second-order valence-corrected chi connectivity index (χ2v) is 3.33. The molecular weight excluding hydrogens is 206 g/mol. The van der Waals surface area contributed by atoms with Crippen LogP contribution in [0.3, 0.4) is 0 Å². The van der Waals surface area contributed by atoms with Crippen LogP contribution in [0.1, 0.15) is 6.92 Å². The Balaban J connectivity index is 2.32. The van der Waals surface area contributed by atoms with Crippen LogP contribution in [0.5, 0.6) is 0 Å². The molecular formula is C11H11N3O2. The molecule has 0 atom stereocenters. The van der Waals surface area contributed by atoms with Gasteiger partial charge in [0.25, 0.3) is 0 Å². The van der Waals surface area contributed by atoms with Crippen LogP contribution in [-0.2, 0) is 4.79 Å². The minimum Gasteiger partial charge on any atom is -0.322 e. The van der Waals surface area contributed by atoms with Crippen molar-refractivity contribution in [3.8, 4) is 0 Å². The average Bonchev–Trinajstić information content (AvgIpc) is 2.57. The summed E-state index contributed by atoms with van der Waals surface area (Å²) in [4.78, 5) is 27.5. The van der Waals surface area contributed by atoms with E-state index in [9.17, 15) is 9.59 Å². The Bertz CT molecular complexity index is 607. The van der Waals surface area contributed by atoms with Gasteiger partial charge in [-0.3, -0.25) is 4.79 Å². The molecule has 5 heteroatoms. The number of nitrogens with one attached hydrogen (secondary N) is 3. The SMILES string of the molecule is CC=CC(=O)Nc1ccc2[nH]c(=O)[nH]c2c1. The van der Waals surface area contributed by atoms with Gasteiger partial charge in [0.2, 0.25) is 5.91 Å². The van der Waals surface area contributed by atoms with E-state index in [4.69, 9.17) is 0 Å². The lowest BCUT2D eigenvalue weighted by Gasteiger charge is -2.01. The topological polar surface area (TPSA) is 77.8 Å². The van der Waals surface area contributed by atoms with Crippen LogP contribution in [0.2, 0.25) is 0 Å². The van der Waals surface area contributed by atoms with Gasteiger partial charge in [-0.1, -0.05) is 6.08 Å². The number of hydrogen-bond donors (Lipinski definition) is 3. The first-order valence-corrected chi connectivity index (χ1v) is 4.85. The number of H-pyrrole nitrogens is 2. The largest absolute Gasteiger partial charge is 0.323 e. The zero-order valence-electron chi connectivity index (χ0n) is 8.70. The molecule has 0 fully saturated rings. The summed E-state index contributed by atoms with van der Waals surface area (Å²) >= 11 is 0. The van der Waals surface area contributed by atoms with E-state index in [2.05, 4.69) is 15.3 Å². The highest BCUT2D eigenvalue weighted by Gasteiger charge is 2.01. The second-order valence-electron chi connectivity index (χ2n) is 3.33. The fraction of sp³-hybridized carbons (Fsp3) is 0.0909. The summed E-state index contributed by atoms with van der Waals surface area (Å²) in [6.45, 7) is 1.77. The monoisotopic (exact) mass is 217 g/mol. The van der Waals surface area contributed by atoms with Gasteiger partial charge in [-0.25, -0.2) is 4.79 Å². The first kappa shape index (κ1) is 10.2. The Morgan fingerprint density at radius 3 is 2.81 bits per heavy atom. The van der Waals surface area contributed by atoms with Crippen LogP contribution in [0, 0.1) is 0 Å². The lowest BCUT2D eigenvalue weighted by Crippen LogP contribution is -2.07. The summed E-state index contributed by atoms with van der Waals surface area (Å²) in [5.41, 5.74) is 1.77. The molecule has 82 valence electrons. The van der Waals surface area contributed by atoms with Crippen molar-refractivity contribution in [3.63, 3.8) is 0 Å². The van der Waals surface area contributed by atoms with Crippen molar-refractivity contribution in [1.29, 1.82) is 0 Å². The summed E-state index contributed by atoms with van der Waals surface area (Å²) in [5, 5.41) is 2.68. The van der Waals surface area contributed by atoms with Crippen molar-refractivity contribution in [3.05, 3.63) is 40.8 Å². The number of imidazole rings is 1. The molecule has 2 rings (SSSR count). The molecule has 0 aliphatic heterocycles. The highest BCUT2D eigenvalue weighted by Crippen LogP contribution is 2.14. The molecule has 1 aromatic carbocycles. The minimum absolute atomic E-state index is 0.195. The van der Waals surface area contributed by atoms with E-state index in [1.807, 2.05) is 0 Å². The Morgan fingerprint density at radius 2 is 2.06 bits per heavy atom. The maximum absolute atomic E-state index is 11.3. The summed E-state index contributed by atoms with van der Waals surface area (Å²) in [7, 11) is 0. The number of carbonyl (C=O) groups excluding carboxylic acids is 1. The van der Waals surface area contributed by atoms with E-state index in [1.165, 1.54) is 6.08 Å². The van der Waals surface area contributed by atoms with Gasteiger partial charge in [-0.2, -0.15) is 0 Å². The standard InChI is InChI=1S/C11H11N3O2/c1-2-3-10(15)12-7-4-5-8-9(6-7)14-11(16)13-8/h2-6H,1H3,(H,12,15)(H2,13,14,16). The molecule has 0 saturated carbocycles. The smallest absolute Gasteiger partial charge is 0.322 e. The Labute approximate surface area is 91.2 Å². The zero-order chi connectivity index (χ0) is 11.5. The minimum atomic E-state index is -0.257. The predicted octanol–water partition coefficient (Wildman–Crippen LogP) is 1.37. The van der Waals surface area contributed by atoms with Crippen molar-refractivity contribution >= 4 is 22.6 Å². The zero-order valence-corrected chi connectivity index (χ0v) is 8.70. The van der Waals surface area contributed by atoms with Gasteiger partial charge >= 0.3 is 5.69 Å². The number of aromatic nitrogens is 2. The number of allylic oxidation sites excluding steroid dienone is 1. The van der Waals surface area contributed by atoms with Crippen molar-refractivity contribution in [2.24, 2.45) is 0 Å². The average molecular weight is 217 g/mol. The van der Waals surface area contributed by atoms with Gasteiger partial charge in [0, 0.05) is 5.69 Å². The van der Waals surface area contributed by atoms with Crippen molar-refractivity contribution < 1.29 is 4.79 Å². The van der Waals surface area contributed by atoms with Crippen molar-refractivity contribution in [2.75, 3.05) is 5.32 Å². The fourth-order valence-corrected chi connectivity index (χ4v) is 1.45. The van der Waals surface area contributed by atoms with Crippen molar-refractivity contribution in [2.45, 2.75) is 6.92 Å². The number of anilines is 1. The van der Waals surface area contributed by atoms with E-state index >= 15 is 0 Å². The molecule has 1 amide bonds. The van der Waals surface area contributed by atoms with Crippen LogP contribution in [0.15, 0.2) is 35.1 Å². The molecule has 0 spiro atoms. The van der Waals surface area contributed by atoms with Crippen molar-refractivity contribution in [1.82, 2.24) is 9.97 Å². The Morgan fingerprint density at radius 1 is 1.31 bits per heavy atom. The molecule has 3 N–H and O–H groups in total. The molecule has 2 aromatic rings. The number of fused-ring (bicyclic) bond motifs is 1. The van der Waals surface area contributed by atoms with Gasteiger partial charge < -0.3 is 15.3 Å². The summed E-state index contributed by atoms with van der Waals surface area (Å²) < 4.78 is 0. The first-order chi connectivity index (χ1) is 7.69. The summed E-state index contributed by atoms with van der Waals surface area (Å²) in [5.74, 6) is -0.195. The number of hydrogen-bond acceptors (Lipinski definition) is 2. The summed E-state index contributed by atoms with van der Waals surface area (Å²) in [6, 6.07) is 5.17. The number of benzene rings is 1. The molecule has 0 unspecified atom stereocenters. The van der Waals surface area contributed by atoms with Crippen LogP contribution in [-0.4, -0.2) is 15.9 Å². The maximum atomic E-state index is 11.3. The predicted molar refractivity (Wildman–Crippen MR) is 62.4 cm³/mol. The van der Waals surface area contributed by atoms with Crippen LogP contribution in [0.25, 0.3) is 11.0 Å². The maximum Gasteiger partial charge on any atom is 0.323 e. The lowest BCUT2D eigenvalue weighted by molar-refractivity contribution is -0.111. The molecule has 5 nitrogen and oxygen atoms in total. The number of amides is 1. The van der Waals surface area contributed by atoms with Gasteiger partial charge in [-0.05, 0) is 31.2 Å². The lowest BCUT2D eigenvalue weighted by atomic mass is 10.2. The molecule has 16 heavy (non-hydrogen) atoms. The number of rotatable bonds is 2. The van der Waals surface area contributed by atoms with E-state index in [-0.39, 0.29) is 11.6 Å². The quantitative estimate of drug-likeness (QED) is 0.664. The number of carbonyl (C=O) groups is 1. The molecule has 0 aliphatic carbocycles. The molecule has 0 radical (unpaired) electrons. The van der Waals surface area contributed by atoms with Crippen LogP contribution >= 0.6 is 0 Å². The highest BCUT2D eigenvalue weighted by atomic mass is 16.1. The molecule has 1 heterocycles. The molecule has 0 bridgehead atoms. The Kier molecular flexibility index (Phi) is 2.59. The van der Waals surface area contributed by atoms with E-state index in [1.54, 1.807) is 31.2 Å². The van der Waals surface area contributed by atoms with E-state index < -0.39 is 0 Å². The fourth-order valence-electron chi connectivity index (χ4n) is 1.45. The van der Waals surface area contributed by atoms with E-state index in [0.29, 0.717) is 16.7 Å². The molecule has 0 saturated heterocycles. The van der Waals surface area contributed by atoms with Crippen LogP contribution in [0.4, 0.5) is 5.69 Å². The second kappa shape index (κ2) is 4.06. The normalized spacial score (nSPS) is 11.1. The highest BCUT2D eigenvalue weighted by molar-refractivity contribution is 6.00. The molecule has 1 aromatic heterocycles. The first-order valence-electron chi connectivity index (χ1n) is 4.85. The summed E-state index contributed by atoms with van der Waals surface area (Å²) in [6.07, 6.45) is 3.09. The van der Waals surface area contributed by atoms with Gasteiger partial charge in [0.15, 0.2) is 0 Å². The third kappa shape index (κ3) is 2.03. The van der Waals surface area contributed by atoms with E-state index in [0.717, 1.165) is 0 Å². The third-order valence-corrected chi connectivity index (χ3v) is 2.10. The van der Waals surface area contributed by atoms with Gasteiger partial charge in [0.05, 0.1) is 11.0 Å². The third-order valence-electron chi connectivity index (χ3n) is 2.10. The molecule has 0 aliphatic rings. The van der Waals surface area contributed by atoms with Gasteiger partial charge in [-0.15, -0.1) is 0 Å². The Hall–Kier alpha value is -2.30.